The summed E-state index contributed by atoms with van der Waals surface area (Å²) in [4.78, 5) is 20.5. The molecule has 3 aromatic carbocycles. The van der Waals surface area contributed by atoms with Gasteiger partial charge in [0.2, 0.25) is 0 Å². The molecule has 1 aliphatic heterocycles. The van der Waals surface area contributed by atoms with Gasteiger partial charge in [0, 0.05) is 12.2 Å². The van der Waals surface area contributed by atoms with Crippen molar-refractivity contribution >= 4 is 43.4 Å². The van der Waals surface area contributed by atoms with E-state index in [0.717, 1.165) is 51.8 Å². The number of anilines is 1. The maximum atomic E-state index is 13.9. The number of aryl methyl sites for hydroxylation is 1. The van der Waals surface area contributed by atoms with Crippen LogP contribution >= 0.6 is 11.3 Å². The molecule has 1 amide bonds. The lowest BCUT2D eigenvalue weighted by molar-refractivity contribution is 0.0919. The fourth-order valence-corrected chi connectivity index (χ4v) is 5.23. The number of rotatable bonds is 5. The van der Waals surface area contributed by atoms with Crippen molar-refractivity contribution < 1.29 is 14.3 Å². The van der Waals surface area contributed by atoms with Gasteiger partial charge in [-0.25, -0.2) is 4.98 Å². The summed E-state index contributed by atoms with van der Waals surface area (Å²) in [7, 11) is 1.65. The molecule has 1 unspecified atom stereocenters. The van der Waals surface area contributed by atoms with Gasteiger partial charge in [0.05, 0.1) is 24.5 Å². The van der Waals surface area contributed by atoms with Gasteiger partial charge in [0.15, 0.2) is 5.13 Å². The molecule has 5 nitrogen and oxygen atoms in total. The largest absolute Gasteiger partial charge is 0.494 e. The molecular weight excluding hydrogens is 408 g/mol. The Morgan fingerprint density at radius 2 is 2.03 bits per heavy atom. The Labute approximate surface area is 185 Å². The second-order valence-corrected chi connectivity index (χ2v) is 8.81. The summed E-state index contributed by atoms with van der Waals surface area (Å²) in [6, 6.07) is 17.8. The van der Waals surface area contributed by atoms with Gasteiger partial charge >= 0.3 is 0 Å². The SMILES string of the molecule is COc1ccc(C)c2sc(N(CC3CCCO3)C(=O)c3cccc4ccccc34)nc12. The molecule has 1 atom stereocenters. The van der Waals surface area contributed by atoms with Crippen molar-refractivity contribution in [3.05, 3.63) is 65.7 Å². The molecule has 1 fully saturated rings. The maximum absolute atomic E-state index is 13.9. The van der Waals surface area contributed by atoms with E-state index in [-0.39, 0.29) is 12.0 Å². The minimum atomic E-state index is -0.0528. The Morgan fingerprint density at radius 1 is 1.19 bits per heavy atom. The zero-order valence-electron chi connectivity index (χ0n) is 17.6. The molecule has 4 aromatic rings. The van der Waals surface area contributed by atoms with E-state index >= 15 is 0 Å². The van der Waals surface area contributed by atoms with E-state index in [0.29, 0.717) is 17.2 Å². The summed E-state index contributed by atoms with van der Waals surface area (Å²) >= 11 is 1.53. The number of ether oxygens (including phenoxy) is 2. The molecule has 0 radical (unpaired) electrons. The van der Waals surface area contributed by atoms with Crippen molar-refractivity contribution in [1.82, 2.24) is 4.98 Å². The van der Waals surface area contributed by atoms with Crippen molar-refractivity contribution in [1.29, 1.82) is 0 Å². The minimum Gasteiger partial charge on any atom is -0.494 e. The van der Waals surface area contributed by atoms with E-state index in [1.165, 1.54) is 11.3 Å². The first-order valence-corrected chi connectivity index (χ1v) is 11.3. The number of hydrogen-bond acceptors (Lipinski definition) is 5. The summed E-state index contributed by atoms with van der Waals surface area (Å²) in [6.45, 7) is 3.29. The lowest BCUT2D eigenvalue weighted by Gasteiger charge is -2.23. The second-order valence-electron chi connectivity index (χ2n) is 7.84. The zero-order chi connectivity index (χ0) is 21.4. The predicted molar refractivity (Wildman–Crippen MR) is 126 cm³/mol. The van der Waals surface area contributed by atoms with Crippen LogP contribution in [0.4, 0.5) is 5.13 Å². The van der Waals surface area contributed by atoms with E-state index in [1.807, 2.05) is 54.6 Å². The number of carbonyl (C=O) groups excluding carboxylic acids is 1. The van der Waals surface area contributed by atoms with Crippen LogP contribution in [0.25, 0.3) is 21.0 Å². The van der Waals surface area contributed by atoms with Crippen LogP contribution < -0.4 is 9.64 Å². The van der Waals surface area contributed by atoms with E-state index in [1.54, 1.807) is 12.0 Å². The molecule has 5 rings (SSSR count). The van der Waals surface area contributed by atoms with Crippen molar-refractivity contribution in [2.24, 2.45) is 0 Å². The van der Waals surface area contributed by atoms with E-state index in [9.17, 15) is 4.79 Å². The molecule has 0 bridgehead atoms. The van der Waals surface area contributed by atoms with Crippen LogP contribution in [0.1, 0.15) is 28.8 Å². The maximum Gasteiger partial charge on any atom is 0.260 e. The summed E-state index contributed by atoms with van der Waals surface area (Å²) in [6.07, 6.45) is 1.99. The van der Waals surface area contributed by atoms with Gasteiger partial charge in [-0.15, -0.1) is 0 Å². The van der Waals surface area contributed by atoms with E-state index < -0.39 is 0 Å². The number of carbonyl (C=O) groups is 1. The van der Waals surface area contributed by atoms with Crippen molar-refractivity contribution in [3.63, 3.8) is 0 Å². The lowest BCUT2D eigenvalue weighted by atomic mass is 10.0. The summed E-state index contributed by atoms with van der Waals surface area (Å²) in [5.74, 6) is 0.667. The third-order valence-electron chi connectivity index (χ3n) is 5.82. The monoisotopic (exact) mass is 432 g/mol. The number of nitrogens with zero attached hydrogens (tertiary/aromatic N) is 2. The molecule has 1 aliphatic rings. The molecule has 6 heteroatoms. The Bertz CT molecular complexity index is 1260. The first-order valence-electron chi connectivity index (χ1n) is 10.5. The number of amides is 1. The Kier molecular flexibility index (Phi) is 5.34. The number of aromatic nitrogens is 1. The topological polar surface area (TPSA) is 51.7 Å². The van der Waals surface area contributed by atoms with Crippen molar-refractivity contribution in [3.8, 4) is 5.75 Å². The van der Waals surface area contributed by atoms with E-state index in [4.69, 9.17) is 14.5 Å². The number of methoxy groups -OCH3 is 1. The van der Waals surface area contributed by atoms with Crippen LogP contribution in [0.15, 0.2) is 54.6 Å². The highest BCUT2D eigenvalue weighted by Crippen LogP contribution is 2.37. The van der Waals surface area contributed by atoms with Crippen LogP contribution in [0.5, 0.6) is 5.75 Å². The number of hydrogen-bond donors (Lipinski definition) is 0. The smallest absolute Gasteiger partial charge is 0.260 e. The first kappa shape index (κ1) is 20.0. The highest BCUT2D eigenvalue weighted by molar-refractivity contribution is 7.22. The van der Waals surface area contributed by atoms with Crippen LogP contribution in [0, 0.1) is 6.92 Å². The number of thiazole rings is 1. The molecule has 0 saturated carbocycles. The standard InChI is InChI=1S/C25H24N2O3S/c1-16-12-13-21(29-2)22-23(16)31-25(26-22)27(15-18-9-6-14-30-18)24(28)20-11-5-8-17-7-3-4-10-19(17)20/h3-5,7-8,10-13,18H,6,9,14-15H2,1-2H3. The first-order chi connectivity index (χ1) is 15.2. The molecule has 158 valence electrons. The number of benzene rings is 3. The second kappa shape index (κ2) is 8.29. The molecule has 31 heavy (non-hydrogen) atoms. The molecule has 0 aliphatic carbocycles. The highest BCUT2D eigenvalue weighted by atomic mass is 32.1. The van der Waals surface area contributed by atoms with Crippen LogP contribution in [-0.4, -0.2) is 37.3 Å². The van der Waals surface area contributed by atoms with Crippen LogP contribution in [-0.2, 0) is 4.74 Å². The average molecular weight is 433 g/mol. The van der Waals surface area contributed by atoms with Gasteiger partial charge < -0.3 is 9.47 Å². The minimum absolute atomic E-state index is 0.0222. The molecule has 0 spiro atoms. The third kappa shape index (κ3) is 3.66. The van der Waals surface area contributed by atoms with Crippen LogP contribution in [0.2, 0.25) is 0 Å². The van der Waals surface area contributed by atoms with Gasteiger partial charge in [-0.05, 0) is 48.2 Å². The fraction of sp³-hybridized carbons (Fsp3) is 0.280. The quantitative estimate of drug-likeness (QED) is 0.412. The molecular formula is C25H24N2O3S. The summed E-state index contributed by atoms with van der Waals surface area (Å²) in [5, 5.41) is 2.67. The van der Waals surface area contributed by atoms with Gasteiger partial charge in [-0.3, -0.25) is 9.69 Å². The average Bonchev–Trinajstić information content (AvgIpc) is 3.47. The van der Waals surface area contributed by atoms with Crippen LogP contribution in [0.3, 0.4) is 0 Å². The Hall–Kier alpha value is -2.96. The van der Waals surface area contributed by atoms with Gasteiger partial charge in [0.25, 0.3) is 5.91 Å². The highest BCUT2D eigenvalue weighted by Gasteiger charge is 2.28. The van der Waals surface area contributed by atoms with Gasteiger partial charge in [-0.2, -0.15) is 0 Å². The van der Waals surface area contributed by atoms with Crippen molar-refractivity contribution in [2.75, 3.05) is 25.2 Å². The fourth-order valence-electron chi connectivity index (χ4n) is 4.18. The van der Waals surface area contributed by atoms with Crippen molar-refractivity contribution in [2.45, 2.75) is 25.9 Å². The third-order valence-corrected chi connectivity index (χ3v) is 7.03. The molecule has 2 heterocycles. The zero-order valence-corrected chi connectivity index (χ0v) is 18.4. The Balaban J connectivity index is 1.63. The molecule has 0 N–H and O–H groups in total. The van der Waals surface area contributed by atoms with E-state index in [2.05, 4.69) is 6.92 Å². The summed E-state index contributed by atoms with van der Waals surface area (Å²) < 4.78 is 12.4. The normalized spacial score (nSPS) is 16.1. The molecule has 1 aromatic heterocycles. The molecule has 1 saturated heterocycles. The van der Waals surface area contributed by atoms with Gasteiger partial charge in [0.1, 0.15) is 11.3 Å². The predicted octanol–water partition coefficient (Wildman–Crippen LogP) is 5.59. The summed E-state index contributed by atoms with van der Waals surface area (Å²) in [5.41, 5.74) is 2.60. The Morgan fingerprint density at radius 3 is 2.84 bits per heavy atom. The number of fused-ring (bicyclic) bond motifs is 2. The lowest BCUT2D eigenvalue weighted by Crippen LogP contribution is -2.37. The van der Waals surface area contributed by atoms with Gasteiger partial charge in [-0.1, -0.05) is 53.8 Å².